The van der Waals surface area contributed by atoms with Crippen LogP contribution in [0.2, 0.25) is 0 Å². The number of nitrogens with zero attached hydrogens (tertiary/aromatic N) is 2. The highest BCUT2D eigenvalue weighted by molar-refractivity contribution is 7.89. The molecule has 2 aromatic heterocycles. The Morgan fingerprint density at radius 1 is 0.808 bits per heavy atom. The highest BCUT2D eigenvalue weighted by atomic mass is 32.2. The number of aryl methyl sites for hydroxylation is 4. The van der Waals surface area contributed by atoms with Crippen molar-refractivity contribution in [3.8, 4) is 0 Å². The Hall–Kier alpha value is -0.920. The van der Waals surface area contributed by atoms with Gasteiger partial charge in [-0.2, -0.15) is 16.8 Å². The van der Waals surface area contributed by atoms with Crippen molar-refractivity contribution < 1.29 is 25.9 Å². The number of aromatic nitrogens is 2. The fraction of sp³-hybridized carbons (Fsp3) is 0.571. The maximum absolute atomic E-state index is 9.86. The standard InChI is InChI=1S/2C6H9NS.C2H6O6S2/c2*1-3-6-5(2)7-4-8-6;3-9(4,5)1-2-10(6,7)8/h2*4H,3H2,1-2H3;1-2H2,(H,3,4,5)(H,6,7,8). The van der Waals surface area contributed by atoms with Gasteiger partial charge in [-0.1, -0.05) is 13.8 Å². The lowest BCUT2D eigenvalue weighted by Gasteiger charge is -1.92. The van der Waals surface area contributed by atoms with Gasteiger partial charge in [-0.15, -0.1) is 22.7 Å². The number of rotatable bonds is 5. The molecule has 0 fully saturated rings. The third kappa shape index (κ3) is 12.4. The van der Waals surface area contributed by atoms with Crippen molar-refractivity contribution in [2.75, 3.05) is 11.5 Å². The second-order valence-corrected chi connectivity index (χ2v) is 10.0. The molecule has 26 heavy (non-hydrogen) atoms. The minimum absolute atomic E-state index is 0.980. The third-order valence-electron chi connectivity index (χ3n) is 2.93. The zero-order valence-electron chi connectivity index (χ0n) is 15.0. The van der Waals surface area contributed by atoms with Crippen LogP contribution in [-0.2, 0) is 33.1 Å². The fourth-order valence-corrected chi connectivity index (χ4v) is 4.68. The van der Waals surface area contributed by atoms with E-state index in [4.69, 9.17) is 9.11 Å². The summed E-state index contributed by atoms with van der Waals surface area (Å²) in [5.41, 5.74) is 6.18. The summed E-state index contributed by atoms with van der Waals surface area (Å²) in [6.45, 7) is 8.41. The molecular weight excluding hydrogens is 420 g/mol. The van der Waals surface area contributed by atoms with Gasteiger partial charge in [-0.3, -0.25) is 9.11 Å². The molecule has 0 spiro atoms. The Kier molecular flexibility index (Phi) is 11.3. The Labute approximate surface area is 162 Å². The van der Waals surface area contributed by atoms with Gasteiger partial charge in [0.2, 0.25) is 0 Å². The average molecular weight is 445 g/mol. The molecule has 0 aliphatic rings. The second kappa shape index (κ2) is 11.7. The molecule has 0 amide bonds. The molecule has 2 N–H and O–H groups in total. The van der Waals surface area contributed by atoms with E-state index in [1.54, 1.807) is 22.7 Å². The largest absolute Gasteiger partial charge is 0.286 e. The lowest BCUT2D eigenvalue weighted by Crippen LogP contribution is -2.15. The average Bonchev–Trinajstić information content (AvgIpc) is 3.13. The van der Waals surface area contributed by atoms with Crippen molar-refractivity contribution in [3.63, 3.8) is 0 Å². The zero-order chi connectivity index (χ0) is 20.4. The van der Waals surface area contributed by atoms with Crippen LogP contribution in [0.25, 0.3) is 0 Å². The quantitative estimate of drug-likeness (QED) is 0.672. The smallest absolute Gasteiger partial charge is 0.265 e. The fourth-order valence-electron chi connectivity index (χ4n) is 1.54. The SMILES string of the molecule is CCc1scnc1C.CCc1scnc1C.O=S(=O)(O)CCS(=O)(=O)O. The van der Waals surface area contributed by atoms with Crippen molar-refractivity contribution >= 4 is 42.9 Å². The topological polar surface area (TPSA) is 135 Å². The Morgan fingerprint density at radius 3 is 1.23 bits per heavy atom. The highest BCUT2D eigenvalue weighted by Crippen LogP contribution is 2.11. The third-order valence-corrected chi connectivity index (χ3v) is 6.79. The maximum Gasteiger partial charge on any atom is 0.265 e. The van der Waals surface area contributed by atoms with Gasteiger partial charge in [-0.25, -0.2) is 9.97 Å². The summed E-state index contributed by atoms with van der Waals surface area (Å²) in [4.78, 5) is 11.0. The van der Waals surface area contributed by atoms with Crippen LogP contribution in [0.4, 0.5) is 0 Å². The van der Waals surface area contributed by atoms with Crippen LogP contribution in [0, 0.1) is 13.8 Å². The number of hydrogen-bond acceptors (Lipinski definition) is 8. The van der Waals surface area contributed by atoms with Gasteiger partial charge in [0.05, 0.1) is 33.9 Å². The van der Waals surface area contributed by atoms with Crippen molar-refractivity contribution in [3.05, 3.63) is 32.2 Å². The van der Waals surface area contributed by atoms with Crippen molar-refractivity contribution in [1.82, 2.24) is 9.97 Å². The van der Waals surface area contributed by atoms with E-state index < -0.39 is 31.7 Å². The van der Waals surface area contributed by atoms with Gasteiger partial charge < -0.3 is 0 Å². The van der Waals surface area contributed by atoms with Crippen LogP contribution < -0.4 is 0 Å². The molecular formula is C14H24N2O6S4. The molecule has 8 nitrogen and oxygen atoms in total. The van der Waals surface area contributed by atoms with E-state index in [2.05, 4.69) is 37.7 Å². The van der Waals surface area contributed by atoms with Gasteiger partial charge in [0, 0.05) is 9.75 Å². The summed E-state index contributed by atoms with van der Waals surface area (Å²) < 4.78 is 55.4. The summed E-state index contributed by atoms with van der Waals surface area (Å²) in [5.74, 6) is -1.96. The van der Waals surface area contributed by atoms with Gasteiger partial charge in [0.25, 0.3) is 20.2 Å². The summed E-state index contributed by atoms with van der Waals surface area (Å²) in [7, 11) is -8.59. The second-order valence-electron chi connectivity index (χ2n) is 5.00. The molecule has 0 radical (unpaired) electrons. The highest BCUT2D eigenvalue weighted by Gasteiger charge is 2.11. The van der Waals surface area contributed by atoms with E-state index in [9.17, 15) is 16.8 Å². The van der Waals surface area contributed by atoms with Crippen molar-refractivity contribution in [2.24, 2.45) is 0 Å². The Bertz CT molecular complexity index is 783. The molecule has 0 saturated carbocycles. The summed E-state index contributed by atoms with van der Waals surface area (Å²) in [6, 6.07) is 0. The van der Waals surface area contributed by atoms with Crippen LogP contribution >= 0.6 is 22.7 Å². The minimum atomic E-state index is -4.30. The summed E-state index contributed by atoms with van der Waals surface area (Å²) in [5, 5.41) is 0. The first-order chi connectivity index (χ1) is 11.9. The molecule has 0 aromatic carbocycles. The predicted molar refractivity (Wildman–Crippen MR) is 105 cm³/mol. The van der Waals surface area contributed by atoms with Crippen molar-refractivity contribution in [2.45, 2.75) is 40.5 Å². The van der Waals surface area contributed by atoms with Gasteiger partial charge in [-0.05, 0) is 26.7 Å². The molecule has 0 saturated heterocycles. The van der Waals surface area contributed by atoms with Crippen LogP contribution in [0.15, 0.2) is 11.0 Å². The van der Waals surface area contributed by atoms with E-state index in [-0.39, 0.29) is 0 Å². The molecule has 2 aromatic rings. The van der Waals surface area contributed by atoms with E-state index in [0.717, 1.165) is 12.8 Å². The molecule has 2 heterocycles. The lowest BCUT2D eigenvalue weighted by molar-refractivity contribution is 0.472. The van der Waals surface area contributed by atoms with Gasteiger partial charge >= 0.3 is 0 Å². The molecule has 0 aliphatic heterocycles. The van der Waals surface area contributed by atoms with E-state index in [1.807, 2.05) is 11.0 Å². The van der Waals surface area contributed by atoms with Gasteiger partial charge in [0.1, 0.15) is 0 Å². The predicted octanol–water partition coefficient (Wildman–Crippen LogP) is 2.79. The molecule has 150 valence electrons. The van der Waals surface area contributed by atoms with E-state index >= 15 is 0 Å². The minimum Gasteiger partial charge on any atom is -0.286 e. The molecule has 12 heteroatoms. The Morgan fingerprint density at radius 2 is 1.12 bits per heavy atom. The first-order valence-corrected chi connectivity index (χ1v) is 12.6. The molecule has 0 bridgehead atoms. The molecule has 0 atom stereocenters. The van der Waals surface area contributed by atoms with Crippen molar-refractivity contribution in [1.29, 1.82) is 0 Å². The number of hydrogen-bond donors (Lipinski definition) is 2. The first kappa shape index (κ1) is 25.1. The van der Waals surface area contributed by atoms with Crippen LogP contribution in [0.1, 0.15) is 35.0 Å². The maximum atomic E-state index is 9.86. The molecule has 0 aliphatic carbocycles. The van der Waals surface area contributed by atoms with Gasteiger partial charge in [0.15, 0.2) is 0 Å². The van der Waals surface area contributed by atoms with Crippen LogP contribution in [0.3, 0.4) is 0 Å². The molecule has 0 unspecified atom stereocenters. The summed E-state index contributed by atoms with van der Waals surface area (Å²) in [6.07, 6.45) is 2.24. The normalized spacial score (nSPS) is 11.2. The van der Waals surface area contributed by atoms with Crippen LogP contribution in [0.5, 0.6) is 0 Å². The summed E-state index contributed by atoms with van der Waals surface area (Å²) >= 11 is 3.48. The van der Waals surface area contributed by atoms with E-state index in [0.29, 0.717) is 0 Å². The zero-order valence-corrected chi connectivity index (χ0v) is 18.3. The molecule has 2 rings (SSSR count). The number of thiazole rings is 2. The Balaban J connectivity index is 0.000000363. The first-order valence-electron chi connectivity index (χ1n) is 7.57. The monoisotopic (exact) mass is 444 g/mol. The van der Waals surface area contributed by atoms with E-state index in [1.165, 1.54) is 21.1 Å². The lowest BCUT2D eigenvalue weighted by atomic mass is 10.3. The van der Waals surface area contributed by atoms with Crippen LogP contribution in [-0.4, -0.2) is 47.4 Å².